The molecule has 1 fully saturated rings. The third kappa shape index (κ3) is 3.46. The number of halogens is 1. The van der Waals surface area contributed by atoms with E-state index in [0.717, 1.165) is 32.0 Å². The fourth-order valence-corrected chi connectivity index (χ4v) is 3.92. The molecule has 0 aliphatic carbocycles. The van der Waals surface area contributed by atoms with Crippen LogP contribution in [-0.2, 0) is 10.0 Å². The second-order valence-corrected chi connectivity index (χ2v) is 8.29. The molecule has 10 heteroatoms. The molecule has 3 heterocycles. The molecule has 0 saturated carbocycles. The predicted molar refractivity (Wildman–Crippen MR) is 101 cm³/mol. The Labute approximate surface area is 161 Å². The van der Waals surface area contributed by atoms with Crippen molar-refractivity contribution in [2.75, 3.05) is 13.1 Å². The SMILES string of the molecule is Cc1nn2c(OC3CCNCC3)ccnc2c1-c1ccc(S(N)(=O)=O)cc1F. The van der Waals surface area contributed by atoms with Crippen molar-refractivity contribution in [1.29, 1.82) is 0 Å². The van der Waals surface area contributed by atoms with Crippen LogP contribution in [0.5, 0.6) is 5.88 Å². The molecular weight excluding hydrogens is 385 g/mol. The summed E-state index contributed by atoms with van der Waals surface area (Å²) in [5.41, 5.74) is 1.67. The van der Waals surface area contributed by atoms with Crippen LogP contribution in [0.15, 0.2) is 35.4 Å². The van der Waals surface area contributed by atoms with Crippen LogP contribution in [0.3, 0.4) is 0 Å². The highest BCUT2D eigenvalue weighted by molar-refractivity contribution is 7.89. The molecule has 148 valence electrons. The monoisotopic (exact) mass is 405 g/mol. The quantitative estimate of drug-likeness (QED) is 0.682. The number of hydrogen-bond donors (Lipinski definition) is 2. The molecule has 0 spiro atoms. The van der Waals surface area contributed by atoms with E-state index in [2.05, 4.69) is 15.4 Å². The fraction of sp³-hybridized carbons (Fsp3) is 0.333. The van der Waals surface area contributed by atoms with Gasteiger partial charge >= 0.3 is 0 Å². The van der Waals surface area contributed by atoms with Crippen molar-refractivity contribution in [3.05, 3.63) is 42.0 Å². The van der Waals surface area contributed by atoms with E-state index in [4.69, 9.17) is 9.88 Å². The average Bonchev–Trinajstić information content (AvgIpc) is 2.99. The van der Waals surface area contributed by atoms with E-state index >= 15 is 0 Å². The maximum absolute atomic E-state index is 14.7. The first-order valence-corrected chi connectivity index (χ1v) is 10.4. The maximum Gasteiger partial charge on any atom is 0.238 e. The lowest BCUT2D eigenvalue weighted by atomic mass is 10.1. The molecule has 0 atom stereocenters. The summed E-state index contributed by atoms with van der Waals surface area (Å²) in [5.74, 6) is -0.177. The largest absolute Gasteiger partial charge is 0.474 e. The number of nitrogens with zero attached hydrogens (tertiary/aromatic N) is 3. The Morgan fingerprint density at radius 3 is 2.71 bits per heavy atom. The highest BCUT2D eigenvalue weighted by Crippen LogP contribution is 2.32. The third-order valence-electron chi connectivity index (χ3n) is 4.77. The molecular formula is C18H20FN5O3S. The maximum atomic E-state index is 14.7. The van der Waals surface area contributed by atoms with Crippen LogP contribution < -0.4 is 15.2 Å². The minimum Gasteiger partial charge on any atom is -0.474 e. The van der Waals surface area contributed by atoms with Crippen LogP contribution in [0.1, 0.15) is 18.5 Å². The lowest BCUT2D eigenvalue weighted by molar-refractivity contribution is 0.152. The number of sulfonamides is 1. The smallest absolute Gasteiger partial charge is 0.238 e. The van der Waals surface area contributed by atoms with E-state index in [1.807, 2.05) is 0 Å². The van der Waals surface area contributed by atoms with Crippen molar-refractivity contribution in [3.63, 3.8) is 0 Å². The lowest BCUT2D eigenvalue weighted by Gasteiger charge is -2.23. The first-order valence-electron chi connectivity index (χ1n) is 8.89. The average molecular weight is 405 g/mol. The van der Waals surface area contributed by atoms with Crippen molar-refractivity contribution < 1.29 is 17.5 Å². The number of rotatable bonds is 4. The molecule has 28 heavy (non-hydrogen) atoms. The van der Waals surface area contributed by atoms with Gasteiger partial charge in [0.2, 0.25) is 15.9 Å². The van der Waals surface area contributed by atoms with Crippen LogP contribution in [0.2, 0.25) is 0 Å². The minimum atomic E-state index is -3.99. The highest BCUT2D eigenvalue weighted by atomic mass is 32.2. The number of ether oxygens (including phenoxy) is 1. The molecule has 0 unspecified atom stereocenters. The summed E-state index contributed by atoms with van der Waals surface area (Å²) in [6, 6.07) is 5.28. The number of aryl methyl sites for hydroxylation is 1. The molecule has 0 bridgehead atoms. The van der Waals surface area contributed by atoms with Crippen LogP contribution in [0.25, 0.3) is 16.8 Å². The van der Waals surface area contributed by atoms with Gasteiger partial charge in [-0.1, -0.05) is 0 Å². The van der Waals surface area contributed by atoms with E-state index in [-0.39, 0.29) is 16.6 Å². The number of fused-ring (bicyclic) bond motifs is 1. The Morgan fingerprint density at radius 1 is 1.29 bits per heavy atom. The topological polar surface area (TPSA) is 112 Å². The Hall–Kier alpha value is -2.56. The molecule has 1 aliphatic heterocycles. The van der Waals surface area contributed by atoms with E-state index < -0.39 is 15.8 Å². The molecule has 3 N–H and O–H groups in total. The van der Waals surface area contributed by atoms with Gasteiger partial charge in [0.25, 0.3) is 0 Å². The lowest BCUT2D eigenvalue weighted by Crippen LogP contribution is -2.34. The van der Waals surface area contributed by atoms with Gasteiger partial charge in [-0.25, -0.2) is 22.9 Å². The van der Waals surface area contributed by atoms with Crippen molar-refractivity contribution in [3.8, 4) is 17.0 Å². The molecule has 8 nitrogen and oxygen atoms in total. The first-order chi connectivity index (χ1) is 13.3. The Balaban J connectivity index is 1.78. The van der Waals surface area contributed by atoms with Gasteiger partial charge in [-0.2, -0.15) is 9.61 Å². The van der Waals surface area contributed by atoms with Gasteiger partial charge in [0, 0.05) is 17.8 Å². The third-order valence-corrected chi connectivity index (χ3v) is 5.68. The Morgan fingerprint density at radius 2 is 2.04 bits per heavy atom. The highest BCUT2D eigenvalue weighted by Gasteiger charge is 2.22. The number of nitrogens with two attached hydrogens (primary N) is 1. The second-order valence-electron chi connectivity index (χ2n) is 6.73. The zero-order valence-corrected chi connectivity index (χ0v) is 16.0. The number of aromatic nitrogens is 3. The number of primary sulfonamides is 1. The van der Waals surface area contributed by atoms with E-state index in [9.17, 15) is 12.8 Å². The fourth-order valence-electron chi connectivity index (χ4n) is 3.39. The predicted octanol–water partition coefficient (Wildman–Crippen LogP) is 1.62. The number of nitrogens with one attached hydrogen (secondary N) is 1. The summed E-state index contributed by atoms with van der Waals surface area (Å²) < 4.78 is 45.3. The van der Waals surface area contributed by atoms with Crippen molar-refractivity contribution in [1.82, 2.24) is 19.9 Å². The molecule has 1 saturated heterocycles. The summed E-state index contributed by atoms with van der Waals surface area (Å²) in [7, 11) is -3.99. The number of benzene rings is 1. The summed E-state index contributed by atoms with van der Waals surface area (Å²) in [6.07, 6.45) is 3.44. The van der Waals surface area contributed by atoms with Gasteiger partial charge in [0.1, 0.15) is 11.9 Å². The van der Waals surface area contributed by atoms with Crippen molar-refractivity contribution in [2.24, 2.45) is 5.14 Å². The van der Waals surface area contributed by atoms with E-state index in [1.165, 1.54) is 12.1 Å². The zero-order valence-electron chi connectivity index (χ0n) is 15.2. The van der Waals surface area contributed by atoms with E-state index in [0.29, 0.717) is 22.8 Å². The zero-order chi connectivity index (χ0) is 19.9. The van der Waals surface area contributed by atoms with Gasteiger partial charge in [-0.3, -0.25) is 0 Å². The van der Waals surface area contributed by atoms with Gasteiger partial charge in [0.15, 0.2) is 5.65 Å². The van der Waals surface area contributed by atoms with Crippen LogP contribution in [0.4, 0.5) is 4.39 Å². The van der Waals surface area contributed by atoms with Gasteiger partial charge in [0.05, 0.1) is 16.2 Å². The van der Waals surface area contributed by atoms with E-state index in [1.54, 1.807) is 23.7 Å². The molecule has 1 aliphatic rings. The normalized spacial score (nSPS) is 15.8. The standard InChI is InChI=1S/C18H20FN5O3S/c1-11-17(14-3-2-13(10-15(14)19)28(20,25)26)18-22-9-6-16(24(18)23-11)27-12-4-7-21-8-5-12/h2-3,6,9-10,12,21H,4-5,7-8H2,1H3,(H2,20,25,26). The summed E-state index contributed by atoms with van der Waals surface area (Å²) in [6.45, 7) is 3.53. The summed E-state index contributed by atoms with van der Waals surface area (Å²) >= 11 is 0. The number of piperidine rings is 1. The molecule has 0 radical (unpaired) electrons. The Bertz CT molecular complexity index is 1140. The van der Waals surface area contributed by atoms with Crippen molar-refractivity contribution >= 4 is 15.7 Å². The van der Waals surface area contributed by atoms with Crippen LogP contribution in [-0.4, -0.2) is 42.2 Å². The Kier molecular flexibility index (Phi) is 4.77. The van der Waals surface area contributed by atoms with Crippen LogP contribution >= 0.6 is 0 Å². The molecule has 4 rings (SSSR count). The van der Waals surface area contributed by atoms with Crippen molar-refractivity contribution in [2.45, 2.75) is 30.8 Å². The second kappa shape index (κ2) is 7.12. The first kappa shape index (κ1) is 18.8. The van der Waals surface area contributed by atoms with Gasteiger partial charge in [-0.05, 0) is 51.1 Å². The molecule has 1 aromatic carbocycles. The summed E-state index contributed by atoms with van der Waals surface area (Å²) in [4.78, 5) is 4.06. The van der Waals surface area contributed by atoms with Crippen LogP contribution in [0, 0.1) is 12.7 Å². The minimum absolute atomic E-state index is 0.0746. The van der Waals surface area contributed by atoms with Gasteiger partial charge in [-0.15, -0.1) is 0 Å². The van der Waals surface area contributed by atoms with Gasteiger partial charge < -0.3 is 10.1 Å². The molecule has 0 amide bonds. The number of hydrogen-bond acceptors (Lipinski definition) is 6. The molecule has 2 aromatic heterocycles. The molecule has 3 aromatic rings. The summed E-state index contributed by atoms with van der Waals surface area (Å²) in [5, 5.41) is 12.8.